The second-order valence-electron chi connectivity index (χ2n) is 6.72. The van der Waals surface area contributed by atoms with Gasteiger partial charge in [-0.3, -0.25) is 0 Å². The van der Waals surface area contributed by atoms with E-state index in [2.05, 4.69) is 48.0 Å². The zero-order chi connectivity index (χ0) is 14.8. The molecule has 0 radical (unpaired) electrons. The second-order valence-corrected chi connectivity index (χ2v) is 7.66. The van der Waals surface area contributed by atoms with E-state index in [1.807, 2.05) is 0 Å². The summed E-state index contributed by atoms with van der Waals surface area (Å²) in [7, 11) is 0. The molecule has 1 aromatic rings. The maximum absolute atomic E-state index is 6.09. The van der Waals surface area contributed by atoms with E-state index in [-0.39, 0.29) is 5.41 Å². The number of likely N-dealkylation sites (tertiary alicyclic amines) is 1. The van der Waals surface area contributed by atoms with Crippen LogP contribution in [0.4, 0.5) is 0 Å². The number of aliphatic imine (C=N–C) groups is 1. The molecule has 1 saturated heterocycles. The molecule has 0 aliphatic carbocycles. The normalized spacial score (nSPS) is 18.6. The predicted molar refractivity (Wildman–Crippen MR) is 86.1 cm³/mol. The van der Waals surface area contributed by atoms with Crippen molar-refractivity contribution >= 4 is 17.3 Å². The third-order valence-corrected chi connectivity index (χ3v) is 4.64. The average molecular weight is 294 g/mol. The van der Waals surface area contributed by atoms with Crippen molar-refractivity contribution in [2.45, 2.75) is 52.5 Å². The maximum Gasteiger partial charge on any atom is 0.191 e. The minimum Gasteiger partial charge on any atom is -0.370 e. The molecule has 1 aliphatic rings. The number of hydrogen-bond acceptors (Lipinski definition) is 3. The largest absolute Gasteiger partial charge is 0.370 e. The number of thiazole rings is 1. The van der Waals surface area contributed by atoms with Gasteiger partial charge >= 0.3 is 0 Å². The van der Waals surface area contributed by atoms with Gasteiger partial charge in [-0.05, 0) is 18.8 Å². The van der Waals surface area contributed by atoms with Crippen LogP contribution >= 0.6 is 11.3 Å². The van der Waals surface area contributed by atoms with E-state index >= 15 is 0 Å². The summed E-state index contributed by atoms with van der Waals surface area (Å²) >= 11 is 1.67. The fourth-order valence-electron chi connectivity index (χ4n) is 2.21. The van der Waals surface area contributed by atoms with Gasteiger partial charge in [-0.2, -0.15) is 0 Å². The lowest BCUT2D eigenvalue weighted by Gasteiger charge is -2.30. The first-order valence-corrected chi connectivity index (χ1v) is 8.24. The first kappa shape index (κ1) is 15.3. The van der Waals surface area contributed by atoms with Crippen LogP contribution in [0.3, 0.4) is 0 Å². The van der Waals surface area contributed by atoms with Crippen LogP contribution in [0.25, 0.3) is 0 Å². The molecule has 0 aromatic carbocycles. The molecule has 2 rings (SSSR count). The number of guanidine groups is 1. The van der Waals surface area contributed by atoms with Crippen LogP contribution < -0.4 is 5.73 Å². The van der Waals surface area contributed by atoms with Crippen LogP contribution in [0, 0.1) is 5.92 Å². The Morgan fingerprint density at radius 2 is 2.10 bits per heavy atom. The zero-order valence-electron chi connectivity index (χ0n) is 13.0. The number of aromatic nitrogens is 1. The highest BCUT2D eigenvalue weighted by Gasteiger charge is 2.18. The molecule has 1 fully saturated rings. The first-order chi connectivity index (χ1) is 9.36. The molecule has 2 N–H and O–H groups in total. The summed E-state index contributed by atoms with van der Waals surface area (Å²) in [6, 6.07) is 0. The van der Waals surface area contributed by atoms with E-state index in [9.17, 15) is 0 Å². The highest BCUT2D eigenvalue weighted by atomic mass is 32.1. The maximum atomic E-state index is 6.09. The molecule has 1 aliphatic heterocycles. The summed E-state index contributed by atoms with van der Waals surface area (Å²) < 4.78 is 0. The minimum absolute atomic E-state index is 0.104. The topological polar surface area (TPSA) is 54.5 Å². The lowest BCUT2D eigenvalue weighted by Crippen LogP contribution is -2.42. The van der Waals surface area contributed by atoms with Gasteiger partial charge in [0.1, 0.15) is 5.01 Å². The van der Waals surface area contributed by atoms with E-state index in [1.54, 1.807) is 11.3 Å². The van der Waals surface area contributed by atoms with Crippen LogP contribution in [0.1, 0.15) is 51.2 Å². The summed E-state index contributed by atoms with van der Waals surface area (Å²) in [6.07, 6.45) is 2.42. The van der Waals surface area contributed by atoms with Gasteiger partial charge in [0.2, 0.25) is 0 Å². The van der Waals surface area contributed by atoms with Crippen molar-refractivity contribution in [2.75, 3.05) is 13.1 Å². The molecule has 112 valence electrons. The van der Waals surface area contributed by atoms with Crippen molar-refractivity contribution in [1.82, 2.24) is 9.88 Å². The number of nitrogens with zero attached hydrogens (tertiary/aromatic N) is 3. The average Bonchev–Trinajstić information content (AvgIpc) is 2.85. The number of hydrogen-bond donors (Lipinski definition) is 1. The fourth-order valence-corrected chi connectivity index (χ4v) is 3.16. The van der Waals surface area contributed by atoms with Gasteiger partial charge in [-0.25, -0.2) is 9.98 Å². The van der Waals surface area contributed by atoms with Gasteiger partial charge in [0, 0.05) is 23.9 Å². The number of rotatable bonds is 2. The van der Waals surface area contributed by atoms with E-state index in [1.165, 1.54) is 12.8 Å². The molecule has 5 heteroatoms. The van der Waals surface area contributed by atoms with Gasteiger partial charge in [0.25, 0.3) is 0 Å². The molecule has 0 saturated carbocycles. The van der Waals surface area contributed by atoms with E-state index in [4.69, 9.17) is 5.73 Å². The van der Waals surface area contributed by atoms with Crippen LogP contribution in [-0.2, 0) is 12.0 Å². The molecule has 0 spiro atoms. The lowest BCUT2D eigenvalue weighted by molar-refractivity contribution is 0.277. The van der Waals surface area contributed by atoms with Crippen molar-refractivity contribution in [3.05, 3.63) is 16.1 Å². The highest BCUT2D eigenvalue weighted by Crippen LogP contribution is 2.24. The predicted octanol–water partition coefficient (Wildman–Crippen LogP) is 2.99. The van der Waals surface area contributed by atoms with Crippen LogP contribution in [-0.4, -0.2) is 28.9 Å². The van der Waals surface area contributed by atoms with Crippen molar-refractivity contribution in [1.29, 1.82) is 0 Å². The first-order valence-electron chi connectivity index (χ1n) is 7.36. The van der Waals surface area contributed by atoms with E-state index in [0.29, 0.717) is 12.5 Å². The van der Waals surface area contributed by atoms with E-state index in [0.717, 1.165) is 29.7 Å². The molecule has 0 unspecified atom stereocenters. The zero-order valence-corrected chi connectivity index (χ0v) is 13.8. The Morgan fingerprint density at radius 1 is 1.45 bits per heavy atom. The van der Waals surface area contributed by atoms with Crippen molar-refractivity contribution < 1.29 is 0 Å². The molecule has 4 nitrogen and oxygen atoms in total. The number of piperidine rings is 1. The van der Waals surface area contributed by atoms with Crippen LogP contribution in [0.5, 0.6) is 0 Å². The molecule has 20 heavy (non-hydrogen) atoms. The van der Waals surface area contributed by atoms with Gasteiger partial charge in [0.05, 0.1) is 12.2 Å². The summed E-state index contributed by atoms with van der Waals surface area (Å²) in [5.74, 6) is 1.48. The second kappa shape index (κ2) is 6.12. The quantitative estimate of drug-likeness (QED) is 0.674. The standard InChI is InChI=1S/C15H26N4S/c1-11-5-7-19(8-6-11)14(16)17-9-13-18-12(10-20-13)15(2,3)4/h10-11H,5-9H2,1-4H3,(H2,16,17). The van der Waals surface area contributed by atoms with Gasteiger partial charge < -0.3 is 10.6 Å². The highest BCUT2D eigenvalue weighted by molar-refractivity contribution is 7.09. The molecule has 1 aromatic heterocycles. The third kappa shape index (κ3) is 3.95. The molecular weight excluding hydrogens is 268 g/mol. The Hall–Kier alpha value is -1.10. The summed E-state index contributed by atoms with van der Waals surface area (Å²) in [5.41, 5.74) is 7.33. The summed E-state index contributed by atoms with van der Waals surface area (Å²) in [6.45, 7) is 11.5. The van der Waals surface area contributed by atoms with Crippen molar-refractivity contribution in [3.63, 3.8) is 0 Å². The van der Waals surface area contributed by atoms with Gasteiger partial charge in [-0.1, -0.05) is 27.7 Å². The molecule has 0 bridgehead atoms. The smallest absolute Gasteiger partial charge is 0.191 e. The van der Waals surface area contributed by atoms with Gasteiger partial charge in [-0.15, -0.1) is 11.3 Å². The van der Waals surface area contributed by atoms with Gasteiger partial charge in [0.15, 0.2) is 5.96 Å². The molecule has 2 heterocycles. The Kier molecular flexibility index (Phi) is 4.68. The lowest BCUT2D eigenvalue weighted by atomic mass is 9.93. The third-order valence-electron chi connectivity index (χ3n) is 3.80. The summed E-state index contributed by atoms with van der Waals surface area (Å²) in [5, 5.41) is 3.17. The molecular formula is C15H26N4S. The SMILES string of the molecule is CC1CCN(C(N)=NCc2nc(C(C)(C)C)cs2)CC1. The Bertz CT molecular complexity index is 464. The van der Waals surface area contributed by atoms with E-state index < -0.39 is 0 Å². The minimum atomic E-state index is 0.104. The molecule has 0 amide bonds. The number of nitrogens with two attached hydrogens (primary N) is 1. The Balaban J connectivity index is 1.93. The van der Waals surface area contributed by atoms with Crippen LogP contribution in [0.15, 0.2) is 10.4 Å². The Morgan fingerprint density at radius 3 is 2.65 bits per heavy atom. The molecule has 0 atom stereocenters. The Labute approximate surface area is 126 Å². The monoisotopic (exact) mass is 294 g/mol. The van der Waals surface area contributed by atoms with Crippen molar-refractivity contribution in [3.8, 4) is 0 Å². The van der Waals surface area contributed by atoms with Crippen LogP contribution in [0.2, 0.25) is 0 Å². The van der Waals surface area contributed by atoms with Crippen molar-refractivity contribution in [2.24, 2.45) is 16.6 Å². The fraction of sp³-hybridized carbons (Fsp3) is 0.733. The summed E-state index contributed by atoms with van der Waals surface area (Å²) in [4.78, 5) is 11.3.